The highest BCUT2D eigenvalue weighted by Crippen LogP contribution is 2.50. The van der Waals surface area contributed by atoms with Gasteiger partial charge in [0.05, 0.1) is 11.4 Å². The third-order valence-electron chi connectivity index (χ3n) is 10.2. The van der Waals surface area contributed by atoms with Crippen molar-refractivity contribution < 1.29 is 9.47 Å². The Morgan fingerprint density at radius 3 is 1.49 bits per heavy atom. The second kappa shape index (κ2) is 13.0. The average Bonchev–Trinajstić information content (AvgIpc) is 3.67. The van der Waals surface area contributed by atoms with Crippen molar-refractivity contribution in [2.45, 2.75) is 18.8 Å². The summed E-state index contributed by atoms with van der Waals surface area (Å²) in [5.41, 5.74) is 9.80. The van der Waals surface area contributed by atoms with E-state index in [2.05, 4.69) is 131 Å². The molecule has 8 aromatic rings. The number of fused-ring (bicyclic) bond motifs is 4. The minimum Gasteiger partial charge on any atom is -0.457 e. The van der Waals surface area contributed by atoms with Crippen LogP contribution >= 0.6 is 0 Å². The molecule has 0 spiro atoms. The van der Waals surface area contributed by atoms with Crippen molar-refractivity contribution in [3.8, 4) is 51.5 Å². The number of hydrogen-bond donors (Lipinski definition) is 0. The second-order valence-electron chi connectivity index (χ2n) is 13.4. The molecule has 0 unspecified atom stereocenters. The molecule has 1 aromatic heterocycles. The lowest BCUT2D eigenvalue weighted by molar-refractivity contribution is 0.441. The molecule has 0 aliphatic carbocycles. The molecule has 0 bridgehead atoms. The van der Waals surface area contributed by atoms with E-state index in [4.69, 9.17) is 19.7 Å². The fraction of sp³-hybridized carbons (Fsp3) is 0.0638. The van der Waals surface area contributed by atoms with E-state index in [-0.39, 0.29) is 5.92 Å². The zero-order valence-electron chi connectivity index (χ0n) is 28.8. The molecule has 10 rings (SSSR count). The fourth-order valence-electron chi connectivity index (χ4n) is 7.67. The quantitative estimate of drug-likeness (QED) is 0.167. The molecule has 0 radical (unpaired) electrons. The van der Waals surface area contributed by atoms with E-state index in [0.717, 1.165) is 81.4 Å². The number of ether oxygens (including phenoxy) is 2. The van der Waals surface area contributed by atoms with Gasteiger partial charge in [-0.05, 0) is 91.2 Å². The van der Waals surface area contributed by atoms with Gasteiger partial charge in [-0.1, -0.05) is 103 Å². The van der Waals surface area contributed by atoms with Crippen LogP contribution in [0.25, 0.3) is 28.5 Å². The SMILES string of the molecule is c1ccc(-n2c(-c3ccc(CCC4c5ccccc5Oc5ccccc54)cc3)nnc2-c2ccc(N3c4ccccc4Oc4ccccc43)cc2)cc1. The number of aromatic nitrogens is 3. The summed E-state index contributed by atoms with van der Waals surface area (Å²) in [6, 6.07) is 60.8. The van der Waals surface area contributed by atoms with Crippen molar-refractivity contribution in [3.05, 3.63) is 193 Å². The van der Waals surface area contributed by atoms with Crippen molar-refractivity contribution in [2.24, 2.45) is 0 Å². The van der Waals surface area contributed by atoms with Gasteiger partial charge in [0.15, 0.2) is 23.1 Å². The third-order valence-corrected chi connectivity index (χ3v) is 10.2. The molecule has 2 aliphatic heterocycles. The Bertz CT molecular complexity index is 2490. The summed E-state index contributed by atoms with van der Waals surface area (Å²) >= 11 is 0. The fourth-order valence-corrected chi connectivity index (χ4v) is 7.67. The van der Waals surface area contributed by atoms with Crippen LogP contribution in [0.2, 0.25) is 0 Å². The molecule has 0 atom stereocenters. The van der Waals surface area contributed by atoms with Crippen LogP contribution in [0.4, 0.5) is 17.1 Å². The van der Waals surface area contributed by atoms with Crippen LogP contribution in [-0.2, 0) is 6.42 Å². The smallest absolute Gasteiger partial charge is 0.168 e. The molecular weight excluding hydrogens is 653 g/mol. The van der Waals surface area contributed by atoms with E-state index in [9.17, 15) is 0 Å². The van der Waals surface area contributed by atoms with E-state index in [1.54, 1.807) is 0 Å². The summed E-state index contributed by atoms with van der Waals surface area (Å²) in [5.74, 6) is 5.41. The van der Waals surface area contributed by atoms with Gasteiger partial charge in [-0.25, -0.2) is 0 Å². The maximum absolute atomic E-state index is 6.24. The lowest BCUT2D eigenvalue weighted by Gasteiger charge is -2.32. The van der Waals surface area contributed by atoms with Gasteiger partial charge < -0.3 is 14.4 Å². The second-order valence-corrected chi connectivity index (χ2v) is 13.4. The van der Waals surface area contributed by atoms with Crippen molar-refractivity contribution in [1.82, 2.24) is 14.8 Å². The van der Waals surface area contributed by atoms with Gasteiger partial charge in [-0.3, -0.25) is 4.57 Å². The Labute approximate surface area is 308 Å². The van der Waals surface area contributed by atoms with Gasteiger partial charge in [0, 0.05) is 39.5 Å². The molecule has 6 nitrogen and oxygen atoms in total. The van der Waals surface area contributed by atoms with Crippen LogP contribution < -0.4 is 14.4 Å². The number of benzene rings is 7. The van der Waals surface area contributed by atoms with Gasteiger partial charge in [0.1, 0.15) is 11.5 Å². The number of hydrogen-bond acceptors (Lipinski definition) is 5. The van der Waals surface area contributed by atoms with Crippen molar-refractivity contribution in [3.63, 3.8) is 0 Å². The van der Waals surface area contributed by atoms with Gasteiger partial charge in [-0.2, -0.15) is 0 Å². The molecular formula is C47H34N4O2. The Morgan fingerprint density at radius 1 is 0.434 bits per heavy atom. The maximum atomic E-state index is 6.24. The van der Waals surface area contributed by atoms with Gasteiger partial charge >= 0.3 is 0 Å². The Morgan fingerprint density at radius 2 is 0.906 bits per heavy atom. The van der Waals surface area contributed by atoms with Crippen LogP contribution in [0.5, 0.6) is 23.0 Å². The van der Waals surface area contributed by atoms with Gasteiger partial charge in [-0.15, -0.1) is 10.2 Å². The van der Waals surface area contributed by atoms with E-state index in [1.807, 2.05) is 54.6 Å². The summed E-state index contributed by atoms with van der Waals surface area (Å²) in [6.45, 7) is 0. The highest BCUT2D eigenvalue weighted by molar-refractivity contribution is 5.86. The Balaban J connectivity index is 0.956. The lowest BCUT2D eigenvalue weighted by atomic mass is 9.84. The summed E-state index contributed by atoms with van der Waals surface area (Å²) < 4.78 is 14.6. The number of para-hydroxylation sites is 7. The van der Waals surface area contributed by atoms with E-state index < -0.39 is 0 Å². The molecule has 0 amide bonds. The lowest BCUT2D eigenvalue weighted by Crippen LogP contribution is -2.15. The van der Waals surface area contributed by atoms with Crippen LogP contribution in [0.15, 0.2) is 176 Å². The maximum Gasteiger partial charge on any atom is 0.168 e. The minimum atomic E-state index is 0.277. The first-order valence-corrected chi connectivity index (χ1v) is 18.0. The molecule has 0 N–H and O–H groups in total. The zero-order valence-corrected chi connectivity index (χ0v) is 28.8. The number of nitrogens with zero attached hydrogens (tertiary/aromatic N) is 4. The Kier molecular flexibility index (Phi) is 7.57. The normalized spacial score (nSPS) is 12.9. The average molecular weight is 687 g/mol. The van der Waals surface area contributed by atoms with E-state index in [0.29, 0.717) is 0 Å². The van der Waals surface area contributed by atoms with Crippen molar-refractivity contribution in [1.29, 1.82) is 0 Å². The molecule has 53 heavy (non-hydrogen) atoms. The molecule has 0 saturated heterocycles. The summed E-state index contributed by atoms with van der Waals surface area (Å²) in [6.07, 6.45) is 1.92. The molecule has 6 heteroatoms. The van der Waals surface area contributed by atoms with Crippen LogP contribution in [0.1, 0.15) is 29.0 Å². The minimum absolute atomic E-state index is 0.277. The predicted octanol–water partition coefficient (Wildman–Crippen LogP) is 12.0. The monoisotopic (exact) mass is 686 g/mol. The zero-order chi connectivity index (χ0) is 35.1. The molecule has 2 aliphatic rings. The first-order valence-electron chi connectivity index (χ1n) is 18.0. The Hall–Kier alpha value is -6.92. The summed E-state index contributed by atoms with van der Waals surface area (Å²) in [4.78, 5) is 2.24. The molecule has 0 saturated carbocycles. The molecule has 7 aromatic carbocycles. The summed E-state index contributed by atoms with van der Waals surface area (Å²) in [7, 11) is 0. The standard InChI is InChI=1S/C47H34N4O2/c1-2-12-35(13-3-1)51-46(33-25-22-32(23-26-33)24-31-37-38-14-4-8-18-42(38)52-43-19-9-5-15-39(37)43)48-49-47(51)34-27-29-36(30-28-34)50-40-16-6-10-20-44(40)53-45-21-11-7-17-41(45)50/h1-23,25-30,37H,24,31H2. The predicted molar refractivity (Wildman–Crippen MR) is 210 cm³/mol. The highest BCUT2D eigenvalue weighted by Gasteiger charge is 2.28. The number of anilines is 3. The molecule has 254 valence electrons. The van der Waals surface area contributed by atoms with E-state index in [1.165, 1.54) is 16.7 Å². The summed E-state index contributed by atoms with van der Waals surface area (Å²) in [5, 5.41) is 9.57. The first-order chi connectivity index (χ1) is 26.3. The van der Waals surface area contributed by atoms with Crippen LogP contribution in [-0.4, -0.2) is 14.8 Å². The largest absolute Gasteiger partial charge is 0.457 e. The molecule has 3 heterocycles. The van der Waals surface area contributed by atoms with Crippen LogP contribution in [0.3, 0.4) is 0 Å². The number of aryl methyl sites for hydroxylation is 1. The number of rotatable bonds is 7. The van der Waals surface area contributed by atoms with E-state index >= 15 is 0 Å². The topological polar surface area (TPSA) is 52.4 Å². The first kappa shape index (κ1) is 30.9. The van der Waals surface area contributed by atoms with Gasteiger partial charge in [0.2, 0.25) is 0 Å². The van der Waals surface area contributed by atoms with Gasteiger partial charge in [0.25, 0.3) is 0 Å². The van der Waals surface area contributed by atoms with Crippen LogP contribution in [0, 0.1) is 0 Å². The third kappa shape index (κ3) is 5.52. The molecule has 0 fully saturated rings. The van der Waals surface area contributed by atoms with Crippen molar-refractivity contribution in [2.75, 3.05) is 4.90 Å². The highest BCUT2D eigenvalue weighted by atomic mass is 16.5. The van der Waals surface area contributed by atoms with Crippen molar-refractivity contribution >= 4 is 17.1 Å².